The van der Waals surface area contributed by atoms with Crippen LogP contribution >= 0.6 is 0 Å². The summed E-state index contributed by atoms with van der Waals surface area (Å²) in [5, 5.41) is 20.8. The van der Waals surface area contributed by atoms with Crippen LogP contribution in [0.2, 0.25) is 0 Å². The summed E-state index contributed by atoms with van der Waals surface area (Å²) in [6.45, 7) is 0. The first-order chi connectivity index (χ1) is 7.61. The number of benzene rings is 2. The van der Waals surface area contributed by atoms with Gasteiger partial charge < -0.3 is 5.11 Å². The molecule has 82 valence electrons. The summed E-state index contributed by atoms with van der Waals surface area (Å²) < 4.78 is 0. The van der Waals surface area contributed by atoms with E-state index in [-0.39, 0.29) is 30.7 Å². The fourth-order valence-electron chi connectivity index (χ4n) is 1.64. The molecule has 0 aliphatic heterocycles. The van der Waals surface area contributed by atoms with Crippen LogP contribution in [0.1, 0.15) is 10.4 Å². The Morgan fingerprint density at radius 1 is 1.18 bits per heavy atom. The van der Waals surface area contributed by atoms with E-state index >= 15 is 0 Å². The molecule has 0 saturated carbocycles. The number of rotatable bonds is 2. The number of carboxylic acid groups (broad SMARTS) is 1. The van der Waals surface area contributed by atoms with E-state index in [0.717, 1.165) is 0 Å². The van der Waals surface area contributed by atoms with Crippen LogP contribution in [-0.2, 0) is 19.5 Å². The topological polar surface area (TPSA) is 80.4 Å². The van der Waals surface area contributed by atoms with Gasteiger partial charge in [-0.1, -0.05) is 24.3 Å². The predicted molar refractivity (Wildman–Crippen MR) is 57.6 cm³/mol. The van der Waals surface area contributed by atoms with Crippen molar-refractivity contribution in [3.8, 4) is 0 Å². The van der Waals surface area contributed by atoms with Gasteiger partial charge in [0, 0.05) is 30.9 Å². The number of hydrogen-bond donors (Lipinski definition) is 1. The minimum absolute atomic E-state index is 0. The van der Waals surface area contributed by atoms with Gasteiger partial charge in [-0.2, -0.15) is 0 Å². The predicted octanol–water partition coefficient (Wildman–Crippen LogP) is 2.44. The van der Waals surface area contributed by atoms with E-state index in [0.29, 0.717) is 10.8 Å². The van der Waals surface area contributed by atoms with E-state index < -0.39 is 10.9 Å². The van der Waals surface area contributed by atoms with E-state index in [9.17, 15) is 14.9 Å². The Balaban J connectivity index is 0.00000144. The molecule has 6 heteroatoms. The van der Waals surface area contributed by atoms with E-state index in [1.165, 1.54) is 6.07 Å². The monoisotopic (exact) mass is 281 g/mol. The SMILES string of the molecule is O=C(O)c1c([N+](=O)[O-])ccc2ccccc12.[Zn]. The number of nitro benzene ring substituents is 1. The molecule has 0 aliphatic rings. The first-order valence-electron chi connectivity index (χ1n) is 4.50. The fourth-order valence-corrected chi connectivity index (χ4v) is 1.64. The summed E-state index contributed by atoms with van der Waals surface area (Å²) in [4.78, 5) is 21.1. The normalized spacial score (nSPS) is 9.65. The molecule has 0 fully saturated rings. The fraction of sp³-hybridized carbons (Fsp3) is 0. The van der Waals surface area contributed by atoms with Crippen molar-refractivity contribution in [1.82, 2.24) is 0 Å². The van der Waals surface area contributed by atoms with Gasteiger partial charge in [-0.15, -0.1) is 0 Å². The number of carbonyl (C=O) groups is 1. The number of carboxylic acids is 1. The maximum atomic E-state index is 11.0. The van der Waals surface area contributed by atoms with Crippen molar-refractivity contribution < 1.29 is 34.3 Å². The van der Waals surface area contributed by atoms with Crippen molar-refractivity contribution >= 4 is 22.4 Å². The van der Waals surface area contributed by atoms with E-state index in [1.54, 1.807) is 30.3 Å². The van der Waals surface area contributed by atoms with Gasteiger partial charge in [0.25, 0.3) is 5.69 Å². The van der Waals surface area contributed by atoms with Crippen LogP contribution in [0.25, 0.3) is 10.8 Å². The number of fused-ring (bicyclic) bond motifs is 1. The average Bonchev–Trinajstić information content (AvgIpc) is 2.27. The van der Waals surface area contributed by atoms with Gasteiger partial charge in [0.2, 0.25) is 0 Å². The summed E-state index contributed by atoms with van der Waals surface area (Å²) in [7, 11) is 0. The molecule has 0 aliphatic carbocycles. The molecular formula is C11H7NO4Zn. The molecule has 0 bridgehead atoms. The zero-order chi connectivity index (χ0) is 11.7. The third kappa shape index (κ3) is 2.31. The largest absolute Gasteiger partial charge is 0.477 e. The van der Waals surface area contributed by atoms with Gasteiger partial charge in [0.1, 0.15) is 5.56 Å². The Hall–Kier alpha value is -1.81. The van der Waals surface area contributed by atoms with Crippen LogP contribution in [0.5, 0.6) is 0 Å². The summed E-state index contributed by atoms with van der Waals surface area (Å²) in [6, 6.07) is 9.43. The molecular weight excluding hydrogens is 276 g/mol. The Morgan fingerprint density at radius 2 is 1.82 bits per heavy atom. The third-order valence-corrected chi connectivity index (χ3v) is 2.32. The Kier molecular flexibility index (Phi) is 3.91. The standard InChI is InChI=1S/C11H7NO4.Zn/c13-11(14)10-8-4-2-1-3-7(8)5-6-9(10)12(15)16;/h1-6H,(H,13,14);. The number of aromatic carboxylic acids is 1. The van der Waals surface area contributed by atoms with Crippen LogP contribution in [0.4, 0.5) is 5.69 Å². The molecule has 0 spiro atoms. The van der Waals surface area contributed by atoms with Gasteiger partial charge in [-0.3, -0.25) is 10.1 Å². The van der Waals surface area contributed by atoms with Crippen LogP contribution in [-0.4, -0.2) is 16.0 Å². The Labute approximate surface area is 109 Å². The average molecular weight is 283 g/mol. The van der Waals surface area contributed by atoms with Crippen molar-refractivity contribution in [2.75, 3.05) is 0 Å². The Bertz CT molecular complexity index is 597. The van der Waals surface area contributed by atoms with Crippen molar-refractivity contribution in [1.29, 1.82) is 0 Å². The quantitative estimate of drug-likeness (QED) is 0.521. The molecule has 17 heavy (non-hydrogen) atoms. The van der Waals surface area contributed by atoms with Crippen LogP contribution in [0.3, 0.4) is 0 Å². The van der Waals surface area contributed by atoms with Crippen LogP contribution in [0.15, 0.2) is 36.4 Å². The van der Waals surface area contributed by atoms with Crippen LogP contribution in [0, 0.1) is 10.1 Å². The second-order valence-corrected chi connectivity index (χ2v) is 3.24. The van der Waals surface area contributed by atoms with E-state index in [2.05, 4.69) is 0 Å². The number of nitrogens with zero attached hydrogens (tertiary/aromatic N) is 1. The first-order valence-corrected chi connectivity index (χ1v) is 4.50. The van der Waals surface area contributed by atoms with Gasteiger partial charge in [-0.25, -0.2) is 4.79 Å². The van der Waals surface area contributed by atoms with Gasteiger partial charge in [0.05, 0.1) is 4.92 Å². The molecule has 0 radical (unpaired) electrons. The molecule has 0 aromatic heterocycles. The van der Waals surface area contributed by atoms with Gasteiger partial charge in [0.15, 0.2) is 0 Å². The number of nitro groups is 1. The molecule has 2 aromatic rings. The maximum Gasteiger partial charge on any atom is 0.343 e. The molecule has 0 saturated heterocycles. The zero-order valence-corrected chi connectivity index (χ0v) is 11.8. The molecule has 0 heterocycles. The van der Waals surface area contributed by atoms with Crippen LogP contribution < -0.4 is 0 Å². The molecule has 2 rings (SSSR count). The smallest absolute Gasteiger partial charge is 0.343 e. The molecule has 0 atom stereocenters. The Morgan fingerprint density at radius 3 is 2.41 bits per heavy atom. The molecule has 5 nitrogen and oxygen atoms in total. The molecule has 1 N–H and O–H groups in total. The third-order valence-electron chi connectivity index (χ3n) is 2.32. The van der Waals surface area contributed by atoms with Crippen molar-refractivity contribution in [2.45, 2.75) is 0 Å². The molecule has 0 amide bonds. The number of hydrogen-bond acceptors (Lipinski definition) is 3. The van der Waals surface area contributed by atoms with Crippen molar-refractivity contribution in [3.63, 3.8) is 0 Å². The summed E-state index contributed by atoms with van der Waals surface area (Å²) in [5.74, 6) is -1.29. The first kappa shape index (κ1) is 13.3. The second-order valence-electron chi connectivity index (χ2n) is 3.24. The summed E-state index contributed by atoms with van der Waals surface area (Å²) >= 11 is 0. The van der Waals surface area contributed by atoms with E-state index in [1.807, 2.05) is 0 Å². The molecule has 0 unspecified atom stereocenters. The summed E-state index contributed by atoms with van der Waals surface area (Å²) in [6.07, 6.45) is 0. The minimum atomic E-state index is -1.29. The molecule has 2 aromatic carbocycles. The zero-order valence-electron chi connectivity index (χ0n) is 8.79. The van der Waals surface area contributed by atoms with E-state index in [4.69, 9.17) is 5.11 Å². The van der Waals surface area contributed by atoms with Gasteiger partial charge >= 0.3 is 5.97 Å². The van der Waals surface area contributed by atoms with Gasteiger partial charge in [-0.05, 0) is 11.5 Å². The maximum absolute atomic E-state index is 11.0. The minimum Gasteiger partial charge on any atom is -0.477 e. The second kappa shape index (κ2) is 5.02. The van der Waals surface area contributed by atoms with Crippen molar-refractivity contribution in [3.05, 3.63) is 52.1 Å². The van der Waals surface area contributed by atoms with Crippen molar-refractivity contribution in [2.24, 2.45) is 0 Å². The summed E-state index contributed by atoms with van der Waals surface area (Å²) in [5.41, 5.74) is -0.644.